The number of benzene rings is 1. The molecule has 1 unspecified atom stereocenters. The molecule has 0 aliphatic carbocycles. The van der Waals surface area contributed by atoms with Gasteiger partial charge in [0.2, 0.25) is 15.9 Å². The third-order valence-electron chi connectivity index (χ3n) is 2.27. The number of hydrogen-bond donors (Lipinski definition) is 2. The van der Waals surface area contributed by atoms with Gasteiger partial charge >= 0.3 is 0 Å². The molecule has 7 heteroatoms. The van der Waals surface area contributed by atoms with Gasteiger partial charge in [-0.05, 0) is 24.1 Å². The first-order valence-corrected chi connectivity index (χ1v) is 7.76. The standard InChI is InChI=1S/C11H15BrN2O3S/c1-7(2)10(12)11(15)14-8-4-3-5-9(6-8)18(13,16)17/h3-7,10H,1-2H3,(H,14,15)(H2,13,16,17). The van der Waals surface area contributed by atoms with Gasteiger partial charge < -0.3 is 5.32 Å². The molecule has 1 aromatic rings. The molecule has 18 heavy (non-hydrogen) atoms. The van der Waals surface area contributed by atoms with Crippen LogP contribution < -0.4 is 10.5 Å². The predicted octanol–water partition coefficient (Wildman–Crippen LogP) is 1.69. The van der Waals surface area contributed by atoms with Gasteiger partial charge in [0.25, 0.3) is 0 Å². The van der Waals surface area contributed by atoms with Crippen molar-refractivity contribution in [3.63, 3.8) is 0 Å². The summed E-state index contributed by atoms with van der Waals surface area (Å²) < 4.78 is 22.3. The Bertz CT molecular complexity index is 543. The Labute approximate surface area is 115 Å². The molecule has 1 rings (SSSR count). The van der Waals surface area contributed by atoms with Crippen LogP contribution in [0.5, 0.6) is 0 Å². The minimum absolute atomic E-state index is 0.0315. The van der Waals surface area contributed by atoms with Gasteiger partial charge in [-0.3, -0.25) is 4.79 Å². The van der Waals surface area contributed by atoms with Crippen molar-refractivity contribution in [1.29, 1.82) is 0 Å². The van der Waals surface area contributed by atoms with E-state index in [1.165, 1.54) is 18.2 Å². The number of primary sulfonamides is 1. The second-order valence-corrected chi connectivity index (χ2v) is 6.76. The topological polar surface area (TPSA) is 89.3 Å². The maximum Gasteiger partial charge on any atom is 0.238 e. The first kappa shape index (κ1) is 15.1. The summed E-state index contributed by atoms with van der Waals surface area (Å²) in [6, 6.07) is 5.83. The molecule has 0 spiro atoms. The van der Waals surface area contributed by atoms with E-state index in [0.717, 1.165) is 0 Å². The van der Waals surface area contributed by atoms with Gasteiger partial charge in [-0.15, -0.1) is 0 Å². The molecule has 1 aromatic carbocycles. The number of nitrogens with one attached hydrogen (secondary N) is 1. The van der Waals surface area contributed by atoms with Crippen LogP contribution in [0.2, 0.25) is 0 Å². The average Bonchev–Trinajstić information content (AvgIpc) is 2.27. The Morgan fingerprint density at radius 2 is 2.00 bits per heavy atom. The van der Waals surface area contributed by atoms with Crippen molar-refractivity contribution in [3.05, 3.63) is 24.3 Å². The first-order valence-electron chi connectivity index (χ1n) is 5.29. The zero-order chi connectivity index (χ0) is 13.9. The summed E-state index contributed by atoms with van der Waals surface area (Å²) in [5.74, 6) is -0.0945. The van der Waals surface area contributed by atoms with Crippen LogP contribution in [0.3, 0.4) is 0 Å². The fourth-order valence-electron chi connectivity index (χ4n) is 1.26. The smallest absolute Gasteiger partial charge is 0.238 e. The maximum atomic E-state index is 11.8. The third-order valence-corrected chi connectivity index (χ3v) is 4.65. The summed E-state index contributed by atoms with van der Waals surface area (Å²) >= 11 is 3.27. The van der Waals surface area contributed by atoms with Crippen LogP contribution in [0.4, 0.5) is 5.69 Å². The molecule has 0 radical (unpaired) electrons. The highest BCUT2D eigenvalue weighted by Crippen LogP contribution is 2.17. The van der Waals surface area contributed by atoms with E-state index in [1.807, 2.05) is 13.8 Å². The Morgan fingerprint density at radius 1 is 1.39 bits per heavy atom. The number of halogens is 1. The van der Waals surface area contributed by atoms with E-state index in [-0.39, 0.29) is 21.5 Å². The summed E-state index contributed by atoms with van der Waals surface area (Å²) in [6.07, 6.45) is 0. The van der Waals surface area contributed by atoms with Crippen LogP contribution >= 0.6 is 15.9 Å². The normalized spacial score (nSPS) is 13.4. The highest BCUT2D eigenvalue weighted by atomic mass is 79.9. The largest absolute Gasteiger partial charge is 0.325 e. The van der Waals surface area contributed by atoms with E-state index in [9.17, 15) is 13.2 Å². The summed E-state index contributed by atoms with van der Waals surface area (Å²) in [6.45, 7) is 3.81. The average molecular weight is 335 g/mol. The lowest BCUT2D eigenvalue weighted by molar-refractivity contribution is -0.116. The molecular formula is C11H15BrN2O3S. The first-order chi connectivity index (χ1) is 8.21. The number of sulfonamides is 1. The van der Waals surface area contributed by atoms with Crippen molar-refractivity contribution in [1.82, 2.24) is 0 Å². The summed E-state index contributed by atoms with van der Waals surface area (Å²) in [4.78, 5) is 11.4. The molecule has 5 nitrogen and oxygen atoms in total. The zero-order valence-electron chi connectivity index (χ0n) is 10.1. The van der Waals surface area contributed by atoms with Crippen molar-refractivity contribution in [2.75, 3.05) is 5.32 Å². The molecule has 1 amide bonds. The molecule has 100 valence electrons. The number of rotatable bonds is 4. The molecule has 0 aromatic heterocycles. The van der Waals surface area contributed by atoms with E-state index >= 15 is 0 Å². The number of nitrogens with two attached hydrogens (primary N) is 1. The van der Waals surface area contributed by atoms with Gasteiger partial charge in [-0.25, -0.2) is 13.6 Å². The highest BCUT2D eigenvalue weighted by Gasteiger charge is 2.19. The summed E-state index contributed by atoms with van der Waals surface area (Å²) in [7, 11) is -3.76. The molecule has 3 N–H and O–H groups in total. The summed E-state index contributed by atoms with van der Waals surface area (Å²) in [5, 5.41) is 7.64. The van der Waals surface area contributed by atoms with E-state index in [1.54, 1.807) is 6.07 Å². The van der Waals surface area contributed by atoms with Crippen LogP contribution in [0.15, 0.2) is 29.2 Å². The third kappa shape index (κ3) is 4.08. The zero-order valence-corrected chi connectivity index (χ0v) is 12.5. The number of hydrogen-bond acceptors (Lipinski definition) is 3. The molecule has 0 saturated heterocycles. The van der Waals surface area contributed by atoms with Crippen LogP contribution in [0.25, 0.3) is 0 Å². The molecule has 0 bridgehead atoms. The van der Waals surface area contributed by atoms with Gasteiger partial charge in [-0.1, -0.05) is 35.8 Å². The van der Waals surface area contributed by atoms with E-state index in [4.69, 9.17) is 5.14 Å². The van der Waals surface area contributed by atoms with Crippen molar-refractivity contribution < 1.29 is 13.2 Å². The highest BCUT2D eigenvalue weighted by molar-refractivity contribution is 9.10. The lowest BCUT2D eigenvalue weighted by atomic mass is 10.1. The Morgan fingerprint density at radius 3 is 2.50 bits per heavy atom. The SMILES string of the molecule is CC(C)C(Br)C(=O)Nc1cccc(S(N)(=O)=O)c1. The van der Waals surface area contributed by atoms with Crippen molar-refractivity contribution in [3.8, 4) is 0 Å². The lowest BCUT2D eigenvalue weighted by Gasteiger charge is -2.14. The number of carbonyl (C=O) groups excluding carboxylic acids is 1. The number of carbonyl (C=O) groups is 1. The van der Waals surface area contributed by atoms with Crippen molar-refractivity contribution >= 4 is 37.5 Å². The molecule has 0 aliphatic heterocycles. The van der Waals surface area contributed by atoms with Crippen molar-refractivity contribution in [2.45, 2.75) is 23.6 Å². The fourth-order valence-corrected chi connectivity index (χ4v) is 1.94. The fraction of sp³-hybridized carbons (Fsp3) is 0.364. The minimum Gasteiger partial charge on any atom is -0.325 e. The second kappa shape index (κ2) is 5.81. The Kier molecular flexibility index (Phi) is 4.89. The van der Waals surface area contributed by atoms with Gasteiger partial charge in [0.15, 0.2) is 0 Å². The van der Waals surface area contributed by atoms with E-state index < -0.39 is 10.0 Å². The molecular weight excluding hydrogens is 320 g/mol. The minimum atomic E-state index is -3.76. The quantitative estimate of drug-likeness (QED) is 0.821. The molecule has 0 aliphatic rings. The van der Waals surface area contributed by atoms with Gasteiger partial charge in [0, 0.05) is 5.69 Å². The number of alkyl halides is 1. The number of anilines is 1. The maximum absolute atomic E-state index is 11.8. The number of amides is 1. The van der Waals surface area contributed by atoms with Crippen LogP contribution in [0, 0.1) is 5.92 Å². The monoisotopic (exact) mass is 334 g/mol. The molecule has 1 atom stereocenters. The van der Waals surface area contributed by atoms with E-state index in [2.05, 4.69) is 21.2 Å². The summed E-state index contributed by atoms with van der Waals surface area (Å²) in [5.41, 5.74) is 0.400. The van der Waals surface area contributed by atoms with Gasteiger partial charge in [0.05, 0.1) is 9.72 Å². The van der Waals surface area contributed by atoms with Crippen LogP contribution in [-0.4, -0.2) is 19.2 Å². The molecule has 0 fully saturated rings. The van der Waals surface area contributed by atoms with E-state index in [0.29, 0.717) is 5.69 Å². The predicted molar refractivity (Wildman–Crippen MR) is 74.0 cm³/mol. The van der Waals surface area contributed by atoms with Crippen molar-refractivity contribution in [2.24, 2.45) is 11.1 Å². The molecule has 0 heterocycles. The molecule has 0 saturated carbocycles. The van der Waals surface area contributed by atoms with Gasteiger partial charge in [0.1, 0.15) is 0 Å². The Balaban J connectivity index is 2.90. The van der Waals surface area contributed by atoms with Crippen LogP contribution in [0.1, 0.15) is 13.8 Å². The lowest BCUT2D eigenvalue weighted by Crippen LogP contribution is -2.27. The Hall–Kier alpha value is -0.920. The van der Waals surface area contributed by atoms with Crippen LogP contribution in [-0.2, 0) is 14.8 Å². The van der Waals surface area contributed by atoms with Gasteiger partial charge in [-0.2, -0.15) is 0 Å². The second-order valence-electron chi connectivity index (χ2n) is 4.21.